The Kier molecular flexibility index (Phi) is 7.81. The van der Waals surface area contributed by atoms with Crippen LogP contribution in [0.2, 0.25) is 0 Å². The molecule has 2 heterocycles. The van der Waals surface area contributed by atoms with Gasteiger partial charge in [-0.2, -0.15) is 5.21 Å². The van der Waals surface area contributed by atoms with Crippen LogP contribution in [0.1, 0.15) is 37.9 Å². The number of hydrogen-bond donors (Lipinski definition) is 1. The van der Waals surface area contributed by atoms with Crippen LogP contribution in [0.5, 0.6) is 0 Å². The molecular weight excluding hydrogens is 337 g/mol. The molecule has 0 radical (unpaired) electrons. The molecule has 2 aromatic rings. The fourth-order valence-electron chi connectivity index (χ4n) is 1.69. The molecular formula is C11H13BrKN5O. The van der Waals surface area contributed by atoms with Crippen molar-refractivity contribution in [1.82, 2.24) is 25.6 Å². The van der Waals surface area contributed by atoms with Crippen molar-refractivity contribution in [1.29, 1.82) is 0 Å². The summed E-state index contributed by atoms with van der Waals surface area (Å²) < 4.78 is 0.647. The molecule has 1 unspecified atom stereocenters. The average Bonchev–Trinajstić information content (AvgIpc) is 2.89. The SMILES string of the molecule is CCCCC([O-])c1ccc(Br)nc1-c1nn[nH]n1.[K+]. The van der Waals surface area contributed by atoms with E-state index in [1.165, 1.54) is 0 Å². The van der Waals surface area contributed by atoms with Gasteiger partial charge in [-0.25, -0.2) is 4.98 Å². The van der Waals surface area contributed by atoms with E-state index >= 15 is 0 Å². The minimum Gasteiger partial charge on any atom is -0.848 e. The van der Waals surface area contributed by atoms with Gasteiger partial charge < -0.3 is 5.11 Å². The molecule has 6 nitrogen and oxygen atoms in total. The number of tetrazole rings is 1. The van der Waals surface area contributed by atoms with Gasteiger partial charge in [-0.15, -0.1) is 10.2 Å². The maximum absolute atomic E-state index is 12.2. The molecule has 0 aliphatic carbocycles. The van der Waals surface area contributed by atoms with Crippen LogP contribution >= 0.6 is 15.9 Å². The van der Waals surface area contributed by atoms with E-state index in [-0.39, 0.29) is 51.4 Å². The Labute approximate surface area is 162 Å². The van der Waals surface area contributed by atoms with Crippen molar-refractivity contribution in [2.75, 3.05) is 0 Å². The summed E-state index contributed by atoms with van der Waals surface area (Å²) in [4.78, 5) is 4.28. The Balaban J connectivity index is 0.00000180. The Morgan fingerprint density at radius 2 is 2.21 bits per heavy atom. The molecule has 0 fully saturated rings. The summed E-state index contributed by atoms with van der Waals surface area (Å²) in [7, 11) is 0. The number of aromatic amines is 1. The summed E-state index contributed by atoms with van der Waals surface area (Å²) in [6.07, 6.45) is 1.68. The van der Waals surface area contributed by atoms with Crippen LogP contribution in [0.25, 0.3) is 11.5 Å². The quantitative estimate of drug-likeness (QED) is 0.530. The van der Waals surface area contributed by atoms with E-state index in [1.54, 1.807) is 12.1 Å². The van der Waals surface area contributed by atoms with E-state index in [4.69, 9.17) is 0 Å². The van der Waals surface area contributed by atoms with Gasteiger partial charge in [0, 0.05) is 0 Å². The van der Waals surface area contributed by atoms with E-state index in [9.17, 15) is 5.11 Å². The summed E-state index contributed by atoms with van der Waals surface area (Å²) in [6, 6.07) is 3.53. The first-order valence-electron chi connectivity index (χ1n) is 5.78. The van der Waals surface area contributed by atoms with Crippen LogP contribution in [-0.4, -0.2) is 25.6 Å². The number of nitrogens with zero attached hydrogens (tertiary/aromatic N) is 4. The van der Waals surface area contributed by atoms with Crippen molar-refractivity contribution in [2.45, 2.75) is 32.3 Å². The van der Waals surface area contributed by atoms with Crippen molar-refractivity contribution < 1.29 is 56.5 Å². The predicted octanol–water partition coefficient (Wildman–Crippen LogP) is -1.38. The third kappa shape index (κ3) is 4.66. The summed E-state index contributed by atoms with van der Waals surface area (Å²) >= 11 is 3.28. The Morgan fingerprint density at radius 3 is 2.84 bits per heavy atom. The molecule has 0 aliphatic rings. The number of pyridine rings is 1. The van der Waals surface area contributed by atoms with Crippen LogP contribution in [0.4, 0.5) is 0 Å². The zero-order valence-corrected chi connectivity index (χ0v) is 15.6. The van der Waals surface area contributed by atoms with E-state index < -0.39 is 6.10 Å². The Bertz CT molecular complexity index is 508. The third-order valence-electron chi connectivity index (χ3n) is 2.62. The fraction of sp³-hybridized carbons (Fsp3) is 0.455. The molecule has 2 aromatic heterocycles. The van der Waals surface area contributed by atoms with Crippen LogP contribution in [0, 0.1) is 0 Å². The molecule has 0 aliphatic heterocycles. The van der Waals surface area contributed by atoms with Gasteiger partial charge >= 0.3 is 51.4 Å². The van der Waals surface area contributed by atoms with Gasteiger partial charge in [0.15, 0.2) is 0 Å². The van der Waals surface area contributed by atoms with Crippen LogP contribution in [-0.2, 0) is 0 Å². The predicted molar refractivity (Wildman–Crippen MR) is 67.4 cm³/mol. The maximum atomic E-state index is 12.2. The molecule has 1 atom stereocenters. The largest absolute Gasteiger partial charge is 1.00 e. The Morgan fingerprint density at radius 1 is 1.42 bits per heavy atom. The molecule has 19 heavy (non-hydrogen) atoms. The smallest absolute Gasteiger partial charge is 0.848 e. The standard InChI is InChI=1S/C11H13BrN5O.K/c1-2-3-4-8(18)7-5-6-9(12)13-10(7)11-14-16-17-15-11;/h5-6,8H,2-4H2,1H3,(H,14,15,16,17);/q-1;+1. The first-order valence-corrected chi connectivity index (χ1v) is 6.57. The monoisotopic (exact) mass is 349 g/mol. The number of halogens is 1. The van der Waals surface area contributed by atoms with E-state index in [1.807, 2.05) is 0 Å². The van der Waals surface area contributed by atoms with Gasteiger partial charge in [-0.1, -0.05) is 38.4 Å². The number of nitrogens with one attached hydrogen (secondary N) is 1. The average molecular weight is 350 g/mol. The van der Waals surface area contributed by atoms with E-state index in [2.05, 4.69) is 48.5 Å². The maximum Gasteiger partial charge on any atom is 1.00 e. The van der Waals surface area contributed by atoms with Gasteiger partial charge in [-0.3, -0.25) is 0 Å². The second kappa shape index (κ2) is 8.55. The normalized spacial score (nSPS) is 11.9. The van der Waals surface area contributed by atoms with E-state index in [0.717, 1.165) is 12.8 Å². The zero-order chi connectivity index (χ0) is 13.0. The van der Waals surface area contributed by atoms with Crippen molar-refractivity contribution in [2.24, 2.45) is 0 Å². The van der Waals surface area contributed by atoms with Gasteiger partial charge in [0.05, 0.1) is 0 Å². The van der Waals surface area contributed by atoms with Crippen molar-refractivity contribution >= 4 is 15.9 Å². The summed E-state index contributed by atoms with van der Waals surface area (Å²) in [5.74, 6) is 0.351. The third-order valence-corrected chi connectivity index (χ3v) is 3.06. The minimum absolute atomic E-state index is 0. The molecule has 0 saturated carbocycles. The molecule has 96 valence electrons. The van der Waals surface area contributed by atoms with Crippen LogP contribution < -0.4 is 56.5 Å². The summed E-state index contributed by atoms with van der Waals surface area (Å²) in [5.41, 5.74) is 1.11. The fourth-order valence-corrected chi connectivity index (χ4v) is 2.00. The molecule has 0 aromatic carbocycles. The van der Waals surface area contributed by atoms with Crippen molar-refractivity contribution in [3.05, 3.63) is 22.3 Å². The molecule has 0 saturated heterocycles. The molecule has 0 bridgehead atoms. The molecule has 0 spiro atoms. The number of unbranched alkanes of at least 4 members (excludes halogenated alkanes) is 1. The van der Waals surface area contributed by atoms with Crippen LogP contribution in [0.15, 0.2) is 16.7 Å². The summed E-state index contributed by atoms with van der Waals surface area (Å²) in [5, 5.41) is 25.8. The van der Waals surface area contributed by atoms with Gasteiger partial charge in [0.1, 0.15) is 10.3 Å². The first-order chi connectivity index (χ1) is 8.72. The molecule has 1 N–H and O–H groups in total. The topological polar surface area (TPSA) is 90.4 Å². The number of hydrogen-bond acceptors (Lipinski definition) is 5. The number of aromatic nitrogens is 5. The van der Waals surface area contributed by atoms with Gasteiger partial charge in [-0.05, 0) is 32.8 Å². The molecule has 8 heteroatoms. The zero-order valence-electron chi connectivity index (χ0n) is 10.9. The minimum atomic E-state index is -0.806. The summed E-state index contributed by atoms with van der Waals surface area (Å²) in [6.45, 7) is 2.06. The number of H-pyrrole nitrogens is 1. The first kappa shape index (κ1) is 17.3. The molecule has 2 rings (SSSR count). The van der Waals surface area contributed by atoms with Gasteiger partial charge in [0.2, 0.25) is 5.82 Å². The molecule has 0 amide bonds. The number of rotatable bonds is 5. The van der Waals surface area contributed by atoms with Crippen molar-refractivity contribution in [3.63, 3.8) is 0 Å². The Hall–Kier alpha value is 0.296. The second-order valence-electron chi connectivity index (χ2n) is 3.94. The van der Waals surface area contributed by atoms with Crippen molar-refractivity contribution in [3.8, 4) is 11.5 Å². The second-order valence-corrected chi connectivity index (χ2v) is 4.75. The van der Waals surface area contributed by atoms with Gasteiger partial charge in [0.25, 0.3) is 0 Å². The van der Waals surface area contributed by atoms with Crippen LogP contribution in [0.3, 0.4) is 0 Å². The van der Waals surface area contributed by atoms with E-state index in [0.29, 0.717) is 28.1 Å².